The number of nitrogens with zero attached hydrogens (tertiary/aromatic N) is 2. The van der Waals surface area contributed by atoms with Gasteiger partial charge in [-0.15, -0.1) is 0 Å². The number of piperidine rings is 1. The highest BCUT2D eigenvalue weighted by molar-refractivity contribution is 5.91. The van der Waals surface area contributed by atoms with Crippen molar-refractivity contribution in [3.63, 3.8) is 0 Å². The van der Waals surface area contributed by atoms with Gasteiger partial charge in [0.2, 0.25) is 0 Å². The van der Waals surface area contributed by atoms with Crippen molar-refractivity contribution >= 4 is 17.7 Å². The van der Waals surface area contributed by atoms with Crippen LogP contribution in [0.3, 0.4) is 0 Å². The molecule has 0 radical (unpaired) electrons. The maximum Gasteiger partial charge on any atom is 0.405 e. The van der Waals surface area contributed by atoms with E-state index in [1.54, 1.807) is 6.92 Å². The van der Waals surface area contributed by atoms with Crippen molar-refractivity contribution in [1.82, 2.24) is 14.7 Å². The largest absolute Gasteiger partial charge is 0.465 e. The third-order valence-electron chi connectivity index (χ3n) is 8.02. The van der Waals surface area contributed by atoms with E-state index in [1.807, 2.05) is 6.07 Å². The van der Waals surface area contributed by atoms with Crippen LogP contribution in [0, 0.1) is 0 Å². The fraction of sp³-hybridized carbons (Fsp3) is 0.517. The molecule has 1 fully saturated rings. The molecule has 1 saturated heterocycles. The second-order valence-electron chi connectivity index (χ2n) is 11.3. The number of likely N-dealkylation sites (tertiary alicyclic amines) is 1. The zero-order chi connectivity index (χ0) is 25.4. The molecule has 3 atom stereocenters. The molecule has 0 aromatic heterocycles. The summed E-state index contributed by atoms with van der Waals surface area (Å²) in [4.78, 5) is 27.4. The van der Waals surface area contributed by atoms with E-state index >= 15 is 0 Å². The molecule has 0 saturated carbocycles. The minimum atomic E-state index is -1.04. The molecule has 4 rings (SSSR count). The van der Waals surface area contributed by atoms with Crippen LogP contribution in [0.25, 0.3) is 11.1 Å². The summed E-state index contributed by atoms with van der Waals surface area (Å²) in [6.45, 7) is 13.3. The van der Waals surface area contributed by atoms with Gasteiger partial charge >= 0.3 is 12.0 Å². The predicted octanol–water partition coefficient (Wildman–Crippen LogP) is 6.09. The van der Waals surface area contributed by atoms with Crippen molar-refractivity contribution in [1.29, 1.82) is 0 Å². The van der Waals surface area contributed by atoms with Crippen LogP contribution in [0.2, 0.25) is 0 Å². The van der Waals surface area contributed by atoms with Crippen LogP contribution in [-0.2, 0) is 11.3 Å². The van der Waals surface area contributed by atoms with Crippen molar-refractivity contribution in [2.75, 3.05) is 13.1 Å². The third-order valence-corrected chi connectivity index (χ3v) is 8.02. The smallest absolute Gasteiger partial charge is 0.405 e. The van der Waals surface area contributed by atoms with Crippen LogP contribution in [0.1, 0.15) is 77.5 Å². The van der Waals surface area contributed by atoms with Crippen LogP contribution in [0.4, 0.5) is 10.5 Å². The molecule has 6 nitrogen and oxygen atoms in total. The first-order valence-corrected chi connectivity index (χ1v) is 12.9. The summed E-state index contributed by atoms with van der Waals surface area (Å²) in [5.41, 5.74) is 4.87. The highest BCUT2D eigenvalue weighted by Crippen LogP contribution is 2.48. The van der Waals surface area contributed by atoms with E-state index in [9.17, 15) is 14.7 Å². The van der Waals surface area contributed by atoms with Gasteiger partial charge in [-0.2, -0.15) is 0 Å². The Balaban J connectivity index is 1.73. The third kappa shape index (κ3) is 4.74. The molecule has 0 bridgehead atoms. The Bertz CT molecular complexity index is 1080. The SMILES string of the molecule is CC(=O)[N@+]1(C(C)(C)C)c2ccc(-c3ccc(CN4CCCCC4)cc3)cc2C(NC(=O)O)C[C@@H]1C. The van der Waals surface area contributed by atoms with Gasteiger partial charge in [-0.05, 0) is 82.4 Å². The van der Waals surface area contributed by atoms with Crippen LogP contribution >= 0.6 is 0 Å². The summed E-state index contributed by atoms with van der Waals surface area (Å²) in [7, 11) is 0. The molecule has 2 amide bonds. The van der Waals surface area contributed by atoms with Crippen molar-refractivity contribution in [2.45, 2.75) is 84.5 Å². The van der Waals surface area contributed by atoms with E-state index in [0.29, 0.717) is 6.42 Å². The van der Waals surface area contributed by atoms with Gasteiger partial charge in [0.15, 0.2) is 0 Å². The molecule has 188 valence electrons. The van der Waals surface area contributed by atoms with Gasteiger partial charge in [0, 0.05) is 24.6 Å². The Morgan fingerprint density at radius 1 is 1.03 bits per heavy atom. The Morgan fingerprint density at radius 2 is 1.66 bits per heavy atom. The van der Waals surface area contributed by atoms with Crippen molar-refractivity contribution in [2.24, 2.45) is 0 Å². The van der Waals surface area contributed by atoms with Gasteiger partial charge in [0.25, 0.3) is 0 Å². The lowest BCUT2D eigenvalue weighted by Crippen LogP contribution is -2.71. The zero-order valence-electron chi connectivity index (χ0n) is 21.8. The molecule has 2 aliphatic rings. The molecule has 2 heterocycles. The number of amides is 2. The minimum absolute atomic E-state index is 0.0585. The van der Waals surface area contributed by atoms with Crippen LogP contribution in [-0.4, -0.2) is 46.7 Å². The Hall–Kier alpha value is -2.70. The average molecular weight is 479 g/mol. The van der Waals surface area contributed by atoms with Crippen molar-refractivity contribution in [3.8, 4) is 11.1 Å². The fourth-order valence-electron chi connectivity index (χ4n) is 6.64. The summed E-state index contributed by atoms with van der Waals surface area (Å²) in [6, 6.07) is 14.5. The molecule has 2 N–H and O–H groups in total. The van der Waals surface area contributed by atoms with Crippen molar-refractivity contribution in [3.05, 3.63) is 53.6 Å². The molecular weight excluding hydrogens is 438 g/mol. The Labute approximate surface area is 209 Å². The number of hydrogen-bond acceptors (Lipinski definition) is 3. The van der Waals surface area contributed by atoms with Gasteiger partial charge in [-0.1, -0.05) is 30.7 Å². The summed E-state index contributed by atoms with van der Waals surface area (Å²) in [5, 5.41) is 12.3. The summed E-state index contributed by atoms with van der Waals surface area (Å²) in [6.07, 6.45) is 3.43. The average Bonchev–Trinajstić information content (AvgIpc) is 2.79. The van der Waals surface area contributed by atoms with E-state index < -0.39 is 6.09 Å². The summed E-state index contributed by atoms with van der Waals surface area (Å²) >= 11 is 0. The molecule has 2 aromatic rings. The normalized spacial score (nSPS) is 25.1. The molecular formula is C29H40N3O3+. The monoisotopic (exact) mass is 478 g/mol. The fourth-order valence-corrected chi connectivity index (χ4v) is 6.64. The number of carbonyl (C=O) groups excluding carboxylic acids is 1. The molecule has 2 aliphatic heterocycles. The number of carboxylic acid groups (broad SMARTS) is 1. The maximum atomic E-state index is 13.3. The second kappa shape index (κ2) is 9.75. The van der Waals surface area contributed by atoms with E-state index in [4.69, 9.17) is 0 Å². The van der Waals surface area contributed by atoms with Crippen LogP contribution in [0.15, 0.2) is 42.5 Å². The van der Waals surface area contributed by atoms with Gasteiger partial charge in [0.1, 0.15) is 17.3 Å². The molecule has 35 heavy (non-hydrogen) atoms. The Kier molecular flexibility index (Phi) is 7.07. The van der Waals surface area contributed by atoms with E-state index in [1.165, 1.54) is 37.9 Å². The predicted molar refractivity (Wildman–Crippen MR) is 141 cm³/mol. The van der Waals surface area contributed by atoms with Gasteiger partial charge in [-0.25, -0.2) is 14.1 Å². The lowest BCUT2D eigenvalue weighted by molar-refractivity contribution is -0.136. The highest BCUT2D eigenvalue weighted by atomic mass is 16.4. The van der Waals surface area contributed by atoms with Crippen LogP contribution in [0.5, 0.6) is 0 Å². The van der Waals surface area contributed by atoms with Gasteiger partial charge < -0.3 is 10.4 Å². The first kappa shape index (κ1) is 25.4. The summed E-state index contributed by atoms with van der Waals surface area (Å²) < 4.78 is 0.204. The molecule has 1 unspecified atom stereocenters. The first-order chi connectivity index (χ1) is 16.5. The first-order valence-electron chi connectivity index (χ1n) is 12.9. The molecule has 2 aromatic carbocycles. The standard InChI is InChI=1S/C29H39N3O3/c1-20-17-26(30-28(34)35)25-18-24(13-14-27(25)32(20,21(2)33)29(3,4)5)23-11-9-22(10-12-23)19-31-15-7-6-8-16-31/h9-14,18,20,26,30H,6-8,15-17,19H2,1-5H3/p+1/t20-,26?,32-/m0/s1. The van der Waals surface area contributed by atoms with E-state index in [0.717, 1.165) is 28.9 Å². The molecule has 0 aliphatic carbocycles. The lowest BCUT2D eigenvalue weighted by atomic mass is 9.82. The minimum Gasteiger partial charge on any atom is -0.465 e. The number of fused-ring (bicyclic) bond motifs is 1. The topological polar surface area (TPSA) is 69.6 Å². The Morgan fingerprint density at radius 3 is 2.23 bits per heavy atom. The van der Waals surface area contributed by atoms with Crippen LogP contribution < -0.4 is 9.80 Å². The zero-order valence-corrected chi connectivity index (χ0v) is 21.8. The van der Waals surface area contributed by atoms with Gasteiger partial charge in [0.05, 0.1) is 13.0 Å². The van der Waals surface area contributed by atoms with E-state index in [-0.39, 0.29) is 28.0 Å². The lowest BCUT2D eigenvalue weighted by Gasteiger charge is -2.53. The highest BCUT2D eigenvalue weighted by Gasteiger charge is 2.56. The molecule has 6 heteroatoms. The van der Waals surface area contributed by atoms with Gasteiger partial charge in [-0.3, -0.25) is 4.90 Å². The number of nitrogens with one attached hydrogen (secondary N) is 1. The number of quaternary nitrogens is 1. The number of carbonyl (C=O) groups is 2. The van der Waals surface area contributed by atoms with Crippen molar-refractivity contribution < 1.29 is 14.7 Å². The number of hydrogen-bond donors (Lipinski definition) is 2. The van der Waals surface area contributed by atoms with E-state index in [2.05, 4.69) is 74.3 Å². The second-order valence-corrected chi connectivity index (χ2v) is 11.3. The number of benzene rings is 2. The quantitative estimate of drug-likeness (QED) is 0.522. The maximum absolute atomic E-state index is 13.3. The molecule has 0 spiro atoms. The number of rotatable bonds is 4. The summed E-state index contributed by atoms with van der Waals surface area (Å²) in [5.74, 6) is 0.0786.